The van der Waals surface area contributed by atoms with Gasteiger partial charge >= 0.3 is 0 Å². The Bertz CT molecular complexity index is 329. The Morgan fingerprint density at radius 3 is 2.58 bits per heavy atom. The molecule has 0 spiro atoms. The summed E-state index contributed by atoms with van der Waals surface area (Å²) in [5.74, 6) is -0.173. The van der Waals surface area contributed by atoms with Gasteiger partial charge in [0.15, 0.2) is 0 Å². The molecular weight excluding hydrogens is 243 g/mol. The van der Waals surface area contributed by atoms with E-state index in [1.165, 1.54) is 12.1 Å². The third-order valence-electron chi connectivity index (χ3n) is 2.99. The van der Waals surface area contributed by atoms with Crippen LogP contribution in [0.4, 0.5) is 4.39 Å². The number of rotatable bonds is 10. The van der Waals surface area contributed by atoms with Crippen molar-refractivity contribution in [3.8, 4) is 0 Å². The lowest BCUT2D eigenvalue weighted by molar-refractivity contribution is 0.199. The average molecular weight is 268 g/mol. The third kappa shape index (κ3) is 7.93. The van der Waals surface area contributed by atoms with Gasteiger partial charge in [-0.15, -0.1) is 0 Å². The molecule has 0 aromatic heterocycles. The first-order chi connectivity index (χ1) is 9.22. The minimum Gasteiger partial charge on any atom is -0.383 e. The van der Waals surface area contributed by atoms with Gasteiger partial charge in [-0.3, -0.25) is 0 Å². The molecule has 0 unspecified atom stereocenters. The number of benzene rings is 1. The molecule has 0 atom stereocenters. The smallest absolute Gasteiger partial charge is 0.123 e. The van der Waals surface area contributed by atoms with Crippen molar-refractivity contribution in [2.24, 2.45) is 0 Å². The molecule has 1 aromatic rings. The van der Waals surface area contributed by atoms with Gasteiger partial charge in [0.05, 0.1) is 6.61 Å². The van der Waals surface area contributed by atoms with Crippen molar-refractivity contribution in [1.82, 2.24) is 10.2 Å². The molecule has 0 fully saturated rings. The second kappa shape index (κ2) is 9.89. The van der Waals surface area contributed by atoms with Gasteiger partial charge in [-0.05, 0) is 50.7 Å². The van der Waals surface area contributed by atoms with E-state index >= 15 is 0 Å². The van der Waals surface area contributed by atoms with Crippen LogP contribution in [-0.4, -0.2) is 45.3 Å². The molecule has 0 saturated carbocycles. The topological polar surface area (TPSA) is 24.5 Å². The Labute approximate surface area is 115 Å². The number of hydrogen-bond acceptors (Lipinski definition) is 3. The van der Waals surface area contributed by atoms with E-state index in [0.29, 0.717) is 0 Å². The molecule has 0 radical (unpaired) electrons. The van der Waals surface area contributed by atoms with Crippen molar-refractivity contribution in [2.75, 3.05) is 40.4 Å². The maximum absolute atomic E-state index is 12.8. The minimum absolute atomic E-state index is 0.173. The highest BCUT2D eigenvalue weighted by Gasteiger charge is 2.00. The predicted octanol–water partition coefficient (Wildman–Crippen LogP) is 2.27. The van der Waals surface area contributed by atoms with Crippen molar-refractivity contribution >= 4 is 0 Å². The normalized spacial score (nSPS) is 11.2. The average Bonchev–Trinajstić information content (AvgIpc) is 2.40. The van der Waals surface area contributed by atoms with Crippen LogP contribution in [0, 0.1) is 5.82 Å². The first-order valence-electron chi connectivity index (χ1n) is 6.85. The monoisotopic (exact) mass is 268 g/mol. The highest BCUT2D eigenvalue weighted by molar-refractivity contribution is 5.15. The molecule has 1 aromatic carbocycles. The van der Waals surface area contributed by atoms with E-state index in [9.17, 15) is 4.39 Å². The second-order valence-corrected chi connectivity index (χ2v) is 4.81. The van der Waals surface area contributed by atoms with E-state index in [-0.39, 0.29) is 5.82 Å². The molecule has 19 heavy (non-hydrogen) atoms. The van der Waals surface area contributed by atoms with Crippen LogP contribution < -0.4 is 5.32 Å². The molecule has 0 amide bonds. The summed E-state index contributed by atoms with van der Waals surface area (Å²) in [6.45, 7) is 4.65. The number of nitrogens with one attached hydrogen (secondary N) is 1. The molecule has 4 heteroatoms. The molecule has 3 nitrogen and oxygen atoms in total. The molecule has 1 rings (SSSR count). The summed E-state index contributed by atoms with van der Waals surface area (Å²) in [4.78, 5) is 2.27. The van der Waals surface area contributed by atoms with Crippen LogP contribution in [0.1, 0.15) is 18.4 Å². The lowest BCUT2D eigenvalue weighted by Crippen LogP contribution is -2.23. The Morgan fingerprint density at radius 1 is 1.16 bits per heavy atom. The van der Waals surface area contributed by atoms with Crippen LogP contribution in [-0.2, 0) is 11.3 Å². The van der Waals surface area contributed by atoms with Crippen LogP contribution >= 0.6 is 0 Å². The van der Waals surface area contributed by atoms with Gasteiger partial charge in [0, 0.05) is 20.2 Å². The Balaban J connectivity index is 2.04. The van der Waals surface area contributed by atoms with Gasteiger partial charge < -0.3 is 15.0 Å². The zero-order valence-electron chi connectivity index (χ0n) is 12.0. The van der Waals surface area contributed by atoms with Gasteiger partial charge in [-0.1, -0.05) is 12.1 Å². The predicted molar refractivity (Wildman–Crippen MR) is 76.7 cm³/mol. The number of halogens is 1. The maximum Gasteiger partial charge on any atom is 0.123 e. The summed E-state index contributed by atoms with van der Waals surface area (Å²) in [5, 5.41) is 3.33. The van der Waals surface area contributed by atoms with Crippen LogP contribution in [0.15, 0.2) is 24.3 Å². The zero-order valence-corrected chi connectivity index (χ0v) is 12.0. The number of methoxy groups -OCH3 is 1. The maximum atomic E-state index is 12.8. The van der Waals surface area contributed by atoms with E-state index in [1.807, 2.05) is 12.1 Å². The molecule has 0 aliphatic carbocycles. The van der Waals surface area contributed by atoms with Crippen LogP contribution in [0.25, 0.3) is 0 Å². The van der Waals surface area contributed by atoms with Crippen molar-refractivity contribution in [3.63, 3.8) is 0 Å². The Hall–Kier alpha value is -0.970. The SMILES string of the molecule is COCCNCCCCN(C)Cc1ccc(F)cc1. The Kier molecular flexibility index (Phi) is 8.38. The summed E-state index contributed by atoms with van der Waals surface area (Å²) in [6, 6.07) is 6.72. The molecular formula is C15H25FN2O. The molecule has 108 valence electrons. The summed E-state index contributed by atoms with van der Waals surface area (Å²) < 4.78 is 17.7. The molecule has 0 saturated heterocycles. The summed E-state index contributed by atoms with van der Waals surface area (Å²) >= 11 is 0. The highest BCUT2D eigenvalue weighted by atomic mass is 19.1. The van der Waals surface area contributed by atoms with Crippen molar-refractivity contribution in [3.05, 3.63) is 35.6 Å². The van der Waals surface area contributed by atoms with E-state index < -0.39 is 0 Å². The second-order valence-electron chi connectivity index (χ2n) is 4.81. The summed E-state index contributed by atoms with van der Waals surface area (Å²) in [6.07, 6.45) is 2.33. The summed E-state index contributed by atoms with van der Waals surface area (Å²) in [5.41, 5.74) is 1.15. The molecule has 0 aliphatic heterocycles. The zero-order chi connectivity index (χ0) is 13.9. The Morgan fingerprint density at radius 2 is 1.89 bits per heavy atom. The molecule has 0 heterocycles. The van der Waals surface area contributed by atoms with E-state index in [2.05, 4.69) is 17.3 Å². The van der Waals surface area contributed by atoms with Crippen molar-refractivity contribution in [2.45, 2.75) is 19.4 Å². The third-order valence-corrected chi connectivity index (χ3v) is 2.99. The number of unbranched alkanes of at least 4 members (excludes halogenated alkanes) is 1. The first-order valence-corrected chi connectivity index (χ1v) is 6.85. The first kappa shape index (κ1) is 16.1. The van der Waals surface area contributed by atoms with Crippen LogP contribution in [0.5, 0.6) is 0 Å². The van der Waals surface area contributed by atoms with Crippen LogP contribution in [0.2, 0.25) is 0 Å². The highest BCUT2D eigenvalue weighted by Crippen LogP contribution is 2.06. The fourth-order valence-electron chi connectivity index (χ4n) is 1.91. The minimum atomic E-state index is -0.173. The molecule has 1 N–H and O–H groups in total. The van der Waals surface area contributed by atoms with Gasteiger partial charge in [-0.2, -0.15) is 0 Å². The van der Waals surface area contributed by atoms with Gasteiger partial charge in [-0.25, -0.2) is 4.39 Å². The standard InChI is InChI=1S/C15H25FN2O/c1-18(11-4-3-9-17-10-12-19-2)13-14-5-7-15(16)8-6-14/h5-8,17H,3-4,9-13H2,1-2H3. The van der Waals surface area contributed by atoms with E-state index in [4.69, 9.17) is 4.74 Å². The fourth-order valence-corrected chi connectivity index (χ4v) is 1.91. The van der Waals surface area contributed by atoms with Crippen molar-refractivity contribution < 1.29 is 9.13 Å². The van der Waals surface area contributed by atoms with E-state index in [1.54, 1.807) is 7.11 Å². The lowest BCUT2D eigenvalue weighted by atomic mass is 10.2. The van der Waals surface area contributed by atoms with Gasteiger partial charge in [0.25, 0.3) is 0 Å². The number of nitrogens with zero attached hydrogens (tertiary/aromatic N) is 1. The van der Waals surface area contributed by atoms with E-state index in [0.717, 1.165) is 51.2 Å². The lowest BCUT2D eigenvalue weighted by Gasteiger charge is -2.16. The fraction of sp³-hybridized carbons (Fsp3) is 0.600. The molecule has 0 bridgehead atoms. The van der Waals surface area contributed by atoms with Crippen molar-refractivity contribution in [1.29, 1.82) is 0 Å². The molecule has 0 aliphatic rings. The van der Waals surface area contributed by atoms with Gasteiger partial charge in [0.2, 0.25) is 0 Å². The summed E-state index contributed by atoms with van der Waals surface area (Å²) in [7, 11) is 3.81. The van der Waals surface area contributed by atoms with Crippen LogP contribution in [0.3, 0.4) is 0 Å². The van der Waals surface area contributed by atoms with Gasteiger partial charge in [0.1, 0.15) is 5.82 Å². The number of hydrogen-bond donors (Lipinski definition) is 1. The quantitative estimate of drug-likeness (QED) is 0.659. The largest absolute Gasteiger partial charge is 0.383 e. The number of ether oxygens (including phenoxy) is 1.